The molecule has 4 nitrogen and oxygen atoms in total. The van der Waals surface area contributed by atoms with E-state index in [1.165, 1.54) is 0 Å². The number of aromatic nitrogens is 2. The summed E-state index contributed by atoms with van der Waals surface area (Å²) in [4.78, 5) is 7.87. The van der Waals surface area contributed by atoms with Gasteiger partial charge in [-0.05, 0) is 15.9 Å². The number of rotatable bonds is 3. The van der Waals surface area contributed by atoms with E-state index in [1.54, 1.807) is 12.4 Å². The lowest BCUT2D eigenvalue weighted by molar-refractivity contribution is 0.311. The fraction of sp³-hybridized carbons (Fsp3) is 0.333. The molecule has 0 radical (unpaired) electrons. The summed E-state index contributed by atoms with van der Waals surface area (Å²) in [7, 11) is 0. The number of anilines is 1. The summed E-state index contributed by atoms with van der Waals surface area (Å²) in [5.41, 5.74) is 0. The Kier molecular flexibility index (Phi) is 3.25. The van der Waals surface area contributed by atoms with E-state index < -0.39 is 0 Å². The van der Waals surface area contributed by atoms with Crippen LogP contribution >= 0.6 is 15.9 Å². The Morgan fingerprint density at radius 2 is 2.09 bits per heavy atom. The molecule has 0 aromatic carbocycles. The molecule has 0 fully saturated rings. The fourth-order valence-electron chi connectivity index (χ4n) is 0.571. The van der Waals surface area contributed by atoms with Crippen molar-refractivity contribution < 1.29 is 5.11 Å². The van der Waals surface area contributed by atoms with Crippen molar-refractivity contribution in [3.05, 3.63) is 16.9 Å². The number of hydrogen-bond acceptors (Lipinski definition) is 4. The zero-order valence-corrected chi connectivity index (χ0v) is 7.37. The maximum atomic E-state index is 8.45. The lowest BCUT2D eigenvalue weighted by Gasteiger charge is -1.99. The molecule has 5 heteroatoms. The second-order valence-electron chi connectivity index (χ2n) is 1.88. The van der Waals surface area contributed by atoms with Crippen molar-refractivity contribution in [3.63, 3.8) is 0 Å². The van der Waals surface area contributed by atoms with Crippen LogP contribution in [0.2, 0.25) is 0 Å². The smallest absolute Gasteiger partial charge is 0.222 e. The van der Waals surface area contributed by atoms with Crippen molar-refractivity contribution in [3.8, 4) is 0 Å². The van der Waals surface area contributed by atoms with Crippen LogP contribution in [0.5, 0.6) is 0 Å². The number of halogens is 1. The van der Waals surface area contributed by atoms with Gasteiger partial charge in [0.25, 0.3) is 0 Å². The van der Waals surface area contributed by atoms with E-state index in [4.69, 9.17) is 5.11 Å². The quantitative estimate of drug-likeness (QED) is 0.781. The summed E-state index contributed by atoms with van der Waals surface area (Å²) in [6.07, 6.45) is 3.29. The zero-order chi connectivity index (χ0) is 8.10. The molecule has 0 unspecified atom stereocenters. The topological polar surface area (TPSA) is 58.0 Å². The van der Waals surface area contributed by atoms with Crippen molar-refractivity contribution in [1.29, 1.82) is 0 Å². The second-order valence-corrected chi connectivity index (χ2v) is 2.79. The first-order valence-corrected chi connectivity index (χ1v) is 3.94. The van der Waals surface area contributed by atoms with Gasteiger partial charge < -0.3 is 10.4 Å². The van der Waals surface area contributed by atoms with Gasteiger partial charge in [0.05, 0.1) is 11.1 Å². The second kappa shape index (κ2) is 4.25. The molecule has 0 aliphatic heterocycles. The van der Waals surface area contributed by atoms with Crippen LogP contribution in [-0.4, -0.2) is 28.2 Å². The van der Waals surface area contributed by atoms with Crippen molar-refractivity contribution in [1.82, 2.24) is 9.97 Å². The van der Waals surface area contributed by atoms with Gasteiger partial charge in [0.2, 0.25) is 5.95 Å². The molecule has 0 atom stereocenters. The number of aliphatic hydroxyl groups excluding tert-OH is 1. The molecule has 0 bridgehead atoms. The third-order valence-electron chi connectivity index (χ3n) is 1.02. The van der Waals surface area contributed by atoms with Crippen molar-refractivity contribution in [2.75, 3.05) is 18.5 Å². The minimum Gasteiger partial charge on any atom is -0.395 e. The number of nitrogens with one attached hydrogen (secondary N) is 1. The SMILES string of the molecule is OCCNc1ncc(Br)cn1. The minimum absolute atomic E-state index is 0.0828. The Morgan fingerprint density at radius 1 is 1.45 bits per heavy atom. The van der Waals surface area contributed by atoms with Gasteiger partial charge in [-0.3, -0.25) is 0 Å². The maximum absolute atomic E-state index is 8.45. The van der Waals surface area contributed by atoms with Gasteiger partial charge in [-0.15, -0.1) is 0 Å². The normalized spacial score (nSPS) is 9.64. The van der Waals surface area contributed by atoms with Gasteiger partial charge >= 0.3 is 0 Å². The van der Waals surface area contributed by atoms with Crippen molar-refractivity contribution in [2.45, 2.75) is 0 Å². The average Bonchev–Trinajstić information content (AvgIpc) is 2.04. The van der Waals surface area contributed by atoms with E-state index in [0.29, 0.717) is 12.5 Å². The monoisotopic (exact) mass is 217 g/mol. The maximum Gasteiger partial charge on any atom is 0.222 e. The van der Waals surface area contributed by atoms with Crippen LogP contribution in [0.25, 0.3) is 0 Å². The van der Waals surface area contributed by atoms with E-state index in [-0.39, 0.29) is 6.61 Å². The Labute approximate surface area is 72.8 Å². The van der Waals surface area contributed by atoms with Gasteiger partial charge in [-0.1, -0.05) is 0 Å². The molecule has 0 aliphatic carbocycles. The van der Waals surface area contributed by atoms with E-state index in [0.717, 1.165) is 4.47 Å². The van der Waals surface area contributed by atoms with Crippen LogP contribution in [0, 0.1) is 0 Å². The molecular weight excluding hydrogens is 210 g/mol. The van der Waals surface area contributed by atoms with Crippen LogP contribution in [0.3, 0.4) is 0 Å². The van der Waals surface area contributed by atoms with E-state index in [1.807, 2.05) is 0 Å². The van der Waals surface area contributed by atoms with E-state index in [2.05, 4.69) is 31.2 Å². The van der Waals surface area contributed by atoms with Gasteiger partial charge in [-0.2, -0.15) is 0 Å². The summed E-state index contributed by atoms with van der Waals surface area (Å²) in [6.45, 7) is 0.557. The molecule has 0 saturated heterocycles. The van der Waals surface area contributed by atoms with Gasteiger partial charge in [0, 0.05) is 18.9 Å². The largest absolute Gasteiger partial charge is 0.395 e. The minimum atomic E-state index is 0.0828. The van der Waals surface area contributed by atoms with Crippen molar-refractivity contribution in [2.24, 2.45) is 0 Å². The fourth-order valence-corrected chi connectivity index (χ4v) is 0.776. The van der Waals surface area contributed by atoms with E-state index in [9.17, 15) is 0 Å². The molecule has 1 heterocycles. The highest BCUT2D eigenvalue weighted by Crippen LogP contribution is 2.05. The highest BCUT2D eigenvalue weighted by atomic mass is 79.9. The molecule has 1 aromatic heterocycles. The van der Waals surface area contributed by atoms with E-state index >= 15 is 0 Å². The first-order chi connectivity index (χ1) is 5.33. The molecule has 0 saturated carbocycles. The third kappa shape index (κ3) is 2.81. The lowest BCUT2D eigenvalue weighted by atomic mass is 10.6. The Hall–Kier alpha value is -0.680. The number of hydrogen-bond donors (Lipinski definition) is 2. The molecule has 0 amide bonds. The lowest BCUT2D eigenvalue weighted by Crippen LogP contribution is -2.07. The predicted molar refractivity (Wildman–Crippen MR) is 45.3 cm³/mol. The summed E-state index contributed by atoms with van der Waals surface area (Å²) >= 11 is 3.21. The standard InChI is InChI=1S/C6H8BrN3O/c7-5-3-9-6(10-4-5)8-1-2-11/h3-4,11H,1-2H2,(H,8,9,10). The molecule has 11 heavy (non-hydrogen) atoms. The number of aliphatic hydroxyl groups is 1. The summed E-state index contributed by atoms with van der Waals surface area (Å²) < 4.78 is 0.840. The van der Waals surface area contributed by atoms with Crippen LogP contribution in [-0.2, 0) is 0 Å². The highest BCUT2D eigenvalue weighted by Gasteiger charge is 1.92. The third-order valence-corrected chi connectivity index (χ3v) is 1.42. The zero-order valence-electron chi connectivity index (χ0n) is 5.79. The predicted octanol–water partition coefficient (Wildman–Crippen LogP) is 0.643. The molecule has 0 spiro atoms. The van der Waals surface area contributed by atoms with Crippen LogP contribution < -0.4 is 5.32 Å². The van der Waals surface area contributed by atoms with Crippen LogP contribution in [0.1, 0.15) is 0 Å². The Bertz CT molecular complexity index is 214. The molecule has 0 aliphatic rings. The van der Waals surface area contributed by atoms with Gasteiger partial charge in [0.1, 0.15) is 0 Å². The molecular formula is C6H8BrN3O. The molecule has 1 aromatic rings. The highest BCUT2D eigenvalue weighted by molar-refractivity contribution is 9.10. The summed E-state index contributed by atoms with van der Waals surface area (Å²) in [6, 6.07) is 0. The molecule has 60 valence electrons. The summed E-state index contributed by atoms with van der Waals surface area (Å²) in [5, 5.41) is 11.3. The first kappa shape index (κ1) is 8.42. The Morgan fingerprint density at radius 3 is 2.64 bits per heavy atom. The molecule has 1 rings (SSSR count). The van der Waals surface area contributed by atoms with Crippen molar-refractivity contribution >= 4 is 21.9 Å². The molecule has 2 N–H and O–H groups in total. The van der Waals surface area contributed by atoms with Crippen LogP contribution in [0.15, 0.2) is 16.9 Å². The van der Waals surface area contributed by atoms with Gasteiger partial charge in [0.15, 0.2) is 0 Å². The first-order valence-electron chi connectivity index (χ1n) is 3.15. The average molecular weight is 218 g/mol. The number of nitrogens with zero attached hydrogens (tertiary/aromatic N) is 2. The van der Waals surface area contributed by atoms with Gasteiger partial charge in [-0.25, -0.2) is 9.97 Å². The van der Waals surface area contributed by atoms with Crippen LogP contribution in [0.4, 0.5) is 5.95 Å². The summed E-state index contributed by atoms with van der Waals surface area (Å²) in [5.74, 6) is 0.530. The Balaban J connectivity index is 2.52.